The molecule has 0 amide bonds. The number of rotatable bonds is 8. The lowest BCUT2D eigenvalue weighted by molar-refractivity contribution is 0.0601. The van der Waals surface area contributed by atoms with Crippen molar-refractivity contribution in [2.24, 2.45) is 0 Å². The molecule has 0 aliphatic carbocycles. The molecule has 2 rings (SSSR count). The summed E-state index contributed by atoms with van der Waals surface area (Å²) in [5, 5.41) is 6.73. The van der Waals surface area contributed by atoms with Crippen LogP contribution in [0.15, 0.2) is 30.6 Å². The molecule has 2 aromatic rings. The van der Waals surface area contributed by atoms with Crippen LogP contribution in [0.2, 0.25) is 5.02 Å². The van der Waals surface area contributed by atoms with Gasteiger partial charge in [-0.2, -0.15) is 0 Å². The molecule has 128 valence electrons. The zero-order valence-corrected chi connectivity index (χ0v) is 14.3. The van der Waals surface area contributed by atoms with Crippen molar-refractivity contribution in [3.63, 3.8) is 0 Å². The zero-order valence-electron chi connectivity index (χ0n) is 13.5. The predicted octanol–water partition coefficient (Wildman–Crippen LogP) is 3.11. The van der Waals surface area contributed by atoms with Crippen molar-refractivity contribution in [2.75, 3.05) is 38.0 Å². The number of nitrogens with one attached hydrogen (secondary N) is 2. The molecule has 0 fully saturated rings. The first-order valence-electron chi connectivity index (χ1n) is 7.33. The van der Waals surface area contributed by atoms with Gasteiger partial charge in [-0.3, -0.25) is 0 Å². The number of esters is 1. The van der Waals surface area contributed by atoms with Gasteiger partial charge in [0.25, 0.3) is 0 Å². The summed E-state index contributed by atoms with van der Waals surface area (Å²) in [7, 11) is 2.99. The summed E-state index contributed by atoms with van der Waals surface area (Å²) in [4.78, 5) is 19.9. The molecule has 0 spiro atoms. The topological polar surface area (TPSA) is 85.4 Å². The molecule has 1 aromatic carbocycles. The standard InChI is InChI=1S/C16H19ClN4O3/c1-23-7-3-6-18-14-9-15(20-10-19-14)21-13-8-11(16(22)24-2)4-5-12(13)17/h4-5,8-10H,3,6-7H2,1-2H3,(H2,18,19,20,21). The van der Waals surface area contributed by atoms with Crippen molar-refractivity contribution in [2.45, 2.75) is 6.42 Å². The smallest absolute Gasteiger partial charge is 0.337 e. The third-order valence-corrected chi connectivity index (χ3v) is 3.48. The molecular formula is C16H19ClN4O3. The fourth-order valence-corrected chi connectivity index (χ4v) is 2.12. The predicted molar refractivity (Wildman–Crippen MR) is 93.1 cm³/mol. The number of hydrogen-bond acceptors (Lipinski definition) is 7. The number of anilines is 3. The van der Waals surface area contributed by atoms with E-state index in [0.717, 1.165) is 13.0 Å². The largest absolute Gasteiger partial charge is 0.465 e. The van der Waals surface area contributed by atoms with E-state index in [1.165, 1.54) is 13.4 Å². The van der Waals surface area contributed by atoms with Crippen molar-refractivity contribution in [1.29, 1.82) is 0 Å². The van der Waals surface area contributed by atoms with Crippen LogP contribution in [0.5, 0.6) is 0 Å². The van der Waals surface area contributed by atoms with Crippen LogP contribution in [0.4, 0.5) is 17.3 Å². The Morgan fingerprint density at radius 2 is 2.00 bits per heavy atom. The van der Waals surface area contributed by atoms with Crippen LogP contribution in [0.25, 0.3) is 0 Å². The summed E-state index contributed by atoms with van der Waals surface area (Å²) in [6, 6.07) is 6.60. The van der Waals surface area contributed by atoms with E-state index in [1.54, 1.807) is 31.4 Å². The van der Waals surface area contributed by atoms with E-state index >= 15 is 0 Å². The van der Waals surface area contributed by atoms with Crippen molar-refractivity contribution in [3.05, 3.63) is 41.2 Å². The lowest BCUT2D eigenvalue weighted by Gasteiger charge is -2.11. The Hall–Kier alpha value is -2.38. The highest BCUT2D eigenvalue weighted by Crippen LogP contribution is 2.26. The first kappa shape index (κ1) is 18.0. The van der Waals surface area contributed by atoms with E-state index in [0.29, 0.717) is 34.5 Å². The SMILES string of the molecule is COCCCNc1cc(Nc2cc(C(=O)OC)ccc2Cl)ncn1. The van der Waals surface area contributed by atoms with Gasteiger partial charge in [-0.25, -0.2) is 14.8 Å². The Labute approximate surface area is 145 Å². The van der Waals surface area contributed by atoms with Crippen LogP contribution in [0.3, 0.4) is 0 Å². The second-order valence-corrected chi connectivity index (χ2v) is 5.28. The lowest BCUT2D eigenvalue weighted by Crippen LogP contribution is -2.07. The van der Waals surface area contributed by atoms with Gasteiger partial charge in [-0.15, -0.1) is 0 Å². The number of halogens is 1. The Balaban J connectivity index is 2.09. The van der Waals surface area contributed by atoms with Gasteiger partial charge in [0.1, 0.15) is 18.0 Å². The molecule has 0 atom stereocenters. The number of carbonyl (C=O) groups excluding carboxylic acids is 1. The Morgan fingerprint density at radius 3 is 2.75 bits per heavy atom. The van der Waals surface area contributed by atoms with E-state index in [-0.39, 0.29) is 0 Å². The van der Waals surface area contributed by atoms with Crippen molar-refractivity contribution in [1.82, 2.24) is 9.97 Å². The van der Waals surface area contributed by atoms with Gasteiger partial charge < -0.3 is 20.1 Å². The maximum absolute atomic E-state index is 11.6. The number of carbonyl (C=O) groups is 1. The number of aromatic nitrogens is 2. The van der Waals surface area contributed by atoms with Crippen LogP contribution < -0.4 is 10.6 Å². The highest BCUT2D eigenvalue weighted by molar-refractivity contribution is 6.33. The van der Waals surface area contributed by atoms with Crippen molar-refractivity contribution >= 4 is 34.9 Å². The number of ether oxygens (including phenoxy) is 2. The Kier molecular flexibility index (Phi) is 6.77. The van der Waals surface area contributed by atoms with Gasteiger partial charge in [-0.05, 0) is 24.6 Å². The Morgan fingerprint density at radius 1 is 1.21 bits per heavy atom. The monoisotopic (exact) mass is 350 g/mol. The van der Waals surface area contributed by atoms with E-state index < -0.39 is 5.97 Å². The molecule has 0 aliphatic rings. The molecule has 0 bridgehead atoms. The van der Waals surface area contributed by atoms with E-state index in [4.69, 9.17) is 21.1 Å². The third-order valence-electron chi connectivity index (χ3n) is 3.15. The molecule has 0 saturated heterocycles. The molecule has 2 N–H and O–H groups in total. The van der Waals surface area contributed by atoms with Crippen LogP contribution in [0, 0.1) is 0 Å². The molecule has 0 radical (unpaired) electrons. The number of nitrogens with zero attached hydrogens (tertiary/aromatic N) is 2. The summed E-state index contributed by atoms with van der Waals surface area (Å²) in [6.07, 6.45) is 2.31. The van der Waals surface area contributed by atoms with Crippen LogP contribution >= 0.6 is 11.6 Å². The maximum atomic E-state index is 11.6. The summed E-state index contributed by atoms with van der Waals surface area (Å²) < 4.78 is 9.71. The molecular weight excluding hydrogens is 332 g/mol. The summed E-state index contributed by atoms with van der Waals surface area (Å²) in [5.74, 6) is 0.810. The number of hydrogen-bond donors (Lipinski definition) is 2. The minimum Gasteiger partial charge on any atom is -0.465 e. The average Bonchev–Trinajstić information content (AvgIpc) is 2.60. The second-order valence-electron chi connectivity index (χ2n) is 4.87. The summed E-state index contributed by atoms with van der Waals surface area (Å²) >= 11 is 6.16. The molecule has 0 unspecified atom stereocenters. The second kappa shape index (κ2) is 9.05. The lowest BCUT2D eigenvalue weighted by atomic mass is 10.2. The van der Waals surface area contributed by atoms with Crippen LogP contribution in [-0.4, -0.2) is 43.3 Å². The highest BCUT2D eigenvalue weighted by Gasteiger charge is 2.10. The molecule has 1 heterocycles. The van der Waals surface area contributed by atoms with E-state index in [2.05, 4.69) is 20.6 Å². The molecule has 0 aliphatic heterocycles. The molecule has 7 nitrogen and oxygen atoms in total. The van der Waals surface area contributed by atoms with Gasteiger partial charge in [-0.1, -0.05) is 11.6 Å². The Bertz CT molecular complexity index is 697. The summed E-state index contributed by atoms with van der Waals surface area (Å²) in [5.41, 5.74) is 0.958. The normalized spacial score (nSPS) is 10.3. The zero-order chi connectivity index (χ0) is 17.4. The van der Waals surface area contributed by atoms with Gasteiger partial charge >= 0.3 is 5.97 Å². The van der Waals surface area contributed by atoms with Gasteiger partial charge in [0, 0.05) is 26.3 Å². The maximum Gasteiger partial charge on any atom is 0.337 e. The minimum atomic E-state index is -0.432. The van der Waals surface area contributed by atoms with E-state index in [1.807, 2.05) is 0 Å². The van der Waals surface area contributed by atoms with Crippen molar-refractivity contribution in [3.8, 4) is 0 Å². The van der Waals surface area contributed by atoms with Gasteiger partial charge in [0.05, 0.1) is 23.4 Å². The van der Waals surface area contributed by atoms with Gasteiger partial charge in [0.2, 0.25) is 0 Å². The van der Waals surface area contributed by atoms with Crippen LogP contribution in [0.1, 0.15) is 16.8 Å². The molecule has 1 aromatic heterocycles. The molecule has 24 heavy (non-hydrogen) atoms. The fraction of sp³-hybridized carbons (Fsp3) is 0.312. The van der Waals surface area contributed by atoms with E-state index in [9.17, 15) is 4.79 Å². The first-order chi connectivity index (χ1) is 11.6. The van der Waals surface area contributed by atoms with Crippen molar-refractivity contribution < 1.29 is 14.3 Å². The number of benzene rings is 1. The number of methoxy groups -OCH3 is 2. The quantitative estimate of drug-likeness (QED) is 0.558. The third kappa shape index (κ3) is 5.07. The molecule has 8 heteroatoms. The molecule has 0 saturated carbocycles. The van der Waals surface area contributed by atoms with Crippen LogP contribution in [-0.2, 0) is 9.47 Å². The summed E-state index contributed by atoms with van der Waals surface area (Å²) in [6.45, 7) is 1.42. The minimum absolute atomic E-state index is 0.399. The van der Waals surface area contributed by atoms with Gasteiger partial charge in [0.15, 0.2) is 0 Å². The first-order valence-corrected chi connectivity index (χ1v) is 7.71. The average molecular weight is 351 g/mol. The highest BCUT2D eigenvalue weighted by atomic mass is 35.5. The fourth-order valence-electron chi connectivity index (χ4n) is 1.96.